The van der Waals surface area contributed by atoms with Gasteiger partial charge in [0.15, 0.2) is 0 Å². The lowest BCUT2D eigenvalue weighted by atomic mass is 9.92. The molecule has 28 heavy (non-hydrogen) atoms. The number of hydrogen-bond acceptors (Lipinski definition) is 3. The number of piperidine rings is 1. The van der Waals surface area contributed by atoms with Gasteiger partial charge in [-0.2, -0.15) is 18.3 Å². The Morgan fingerprint density at radius 1 is 1.18 bits per heavy atom. The quantitative estimate of drug-likeness (QED) is 0.785. The molecule has 5 nitrogen and oxygen atoms in total. The number of hydrogen-bond donors (Lipinski definition) is 1. The molecule has 152 valence electrons. The van der Waals surface area contributed by atoms with Crippen molar-refractivity contribution in [2.24, 2.45) is 0 Å². The number of aromatic nitrogens is 2. The third kappa shape index (κ3) is 3.86. The molecule has 1 saturated heterocycles. The highest BCUT2D eigenvalue weighted by Gasteiger charge is 2.57. The number of rotatable bonds is 3. The molecule has 0 saturated carbocycles. The monoisotopic (exact) mass is 435 g/mol. The zero-order chi connectivity index (χ0) is 20.7. The predicted molar refractivity (Wildman–Crippen MR) is 98.8 cm³/mol. The standard InChI is InChI=1S/C18H18Cl2F3N3O2/c1-17(28,18(21,22)23)16(27)25-8-5-11(6-9-25)15-4-7-24-26(15)12-2-3-13(19)14(20)10-12/h2-4,7,10-11,28H,5-6,8-9H2,1H3. The van der Waals surface area contributed by atoms with Gasteiger partial charge in [-0.05, 0) is 44.0 Å². The average molecular weight is 436 g/mol. The molecule has 2 heterocycles. The fraction of sp³-hybridized carbons (Fsp3) is 0.444. The maximum absolute atomic E-state index is 12.9. The van der Waals surface area contributed by atoms with Crippen molar-refractivity contribution in [3.8, 4) is 5.69 Å². The van der Waals surface area contributed by atoms with Gasteiger partial charge < -0.3 is 10.0 Å². The Balaban J connectivity index is 1.74. The number of nitrogens with zero attached hydrogens (tertiary/aromatic N) is 3. The Morgan fingerprint density at radius 3 is 2.39 bits per heavy atom. The van der Waals surface area contributed by atoms with Gasteiger partial charge in [0, 0.05) is 30.9 Å². The second-order valence-corrected chi connectivity index (χ2v) is 7.72. The molecule has 1 fully saturated rings. The van der Waals surface area contributed by atoms with Crippen LogP contribution in [0.5, 0.6) is 0 Å². The number of likely N-dealkylation sites (tertiary alicyclic amines) is 1. The summed E-state index contributed by atoms with van der Waals surface area (Å²) in [7, 11) is 0. The van der Waals surface area contributed by atoms with E-state index in [2.05, 4.69) is 5.10 Å². The molecule has 2 aromatic rings. The molecule has 1 aromatic carbocycles. The van der Waals surface area contributed by atoms with Gasteiger partial charge in [0.1, 0.15) is 0 Å². The first-order valence-electron chi connectivity index (χ1n) is 8.60. The third-order valence-corrected chi connectivity index (χ3v) is 5.73. The maximum atomic E-state index is 12.9. The van der Waals surface area contributed by atoms with E-state index in [1.165, 1.54) is 0 Å². The van der Waals surface area contributed by atoms with Crippen molar-refractivity contribution in [1.29, 1.82) is 0 Å². The Morgan fingerprint density at radius 2 is 1.82 bits per heavy atom. The van der Waals surface area contributed by atoms with Gasteiger partial charge in [0.05, 0.1) is 15.7 Å². The predicted octanol–water partition coefficient (Wildman–Crippen LogP) is 4.20. The number of halogens is 5. The van der Waals surface area contributed by atoms with Crippen LogP contribution < -0.4 is 0 Å². The summed E-state index contributed by atoms with van der Waals surface area (Å²) in [6, 6.07) is 6.94. The van der Waals surface area contributed by atoms with Crippen LogP contribution >= 0.6 is 23.2 Å². The molecule has 3 rings (SSSR count). The largest absolute Gasteiger partial charge is 0.426 e. The summed E-state index contributed by atoms with van der Waals surface area (Å²) < 4.78 is 40.4. The smallest absolute Gasteiger partial charge is 0.373 e. The lowest BCUT2D eigenvalue weighted by Crippen LogP contribution is -2.57. The minimum atomic E-state index is -5.02. The molecule has 1 amide bonds. The Kier molecular flexibility index (Phi) is 5.67. The van der Waals surface area contributed by atoms with E-state index in [-0.39, 0.29) is 19.0 Å². The van der Waals surface area contributed by atoms with Crippen LogP contribution in [-0.4, -0.2) is 50.6 Å². The fourth-order valence-corrected chi connectivity index (χ4v) is 3.55. The number of carbonyl (C=O) groups is 1. The normalized spacial score (nSPS) is 18.2. The van der Waals surface area contributed by atoms with Crippen LogP contribution in [0.3, 0.4) is 0 Å². The lowest BCUT2D eigenvalue weighted by molar-refractivity contribution is -0.250. The van der Waals surface area contributed by atoms with E-state index in [4.69, 9.17) is 23.2 Å². The Bertz CT molecular complexity index is 875. The highest BCUT2D eigenvalue weighted by Crippen LogP contribution is 2.35. The van der Waals surface area contributed by atoms with Crippen LogP contribution in [0.4, 0.5) is 13.2 Å². The maximum Gasteiger partial charge on any atom is 0.426 e. The van der Waals surface area contributed by atoms with Crippen LogP contribution in [0.25, 0.3) is 5.69 Å². The van der Waals surface area contributed by atoms with Crippen molar-refractivity contribution in [3.63, 3.8) is 0 Å². The first-order chi connectivity index (χ1) is 13.0. The number of benzene rings is 1. The van der Waals surface area contributed by atoms with Crippen LogP contribution in [0.2, 0.25) is 10.0 Å². The SMILES string of the molecule is CC(O)(C(=O)N1CCC(c2ccnn2-c2ccc(Cl)c(Cl)c2)CC1)C(F)(F)F. The number of alkyl halides is 3. The third-order valence-electron chi connectivity index (χ3n) is 4.99. The average Bonchev–Trinajstić information content (AvgIpc) is 3.12. The van der Waals surface area contributed by atoms with E-state index in [0.29, 0.717) is 35.5 Å². The molecule has 0 spiro atoms. The zero-order valence-corrected chi connectivity index (χ0v) is 16.4. The molecule has 1 aliphatic heterocycles. The summed E-state index contributed by atoms with van der Waals surface area (Å²) >= 11 is 12.0. The molecular weight excluding hydrogens is 418 g/mol. The molecule has 10 heteroatoms. The lowest BCUT2D eigenvalue weighted by Gasteiger charge is -2.36. The van der Waals surface area contributed by atoms with E-state index in [1.54, 1.807) is 29.1 Å². The molecule has 1 aliphatic rings. The summed E-state index contributed by atoms with van der Waals surface area (Å²) in [4.78, 5) is 13.2. The number of aliphatic hydroxyl groups is 1. The number of carbonyl (C=O) groups excluding carboxylic acids is 1. The van der Waals surface area contributed by atoms with Crippen molar-refractivity contribution in [2.45, 2.75) is 37.5 Å². The van der Waals surface area contributed by atoms with Crippen LogP contribution in [0.15, 0.2) is 30.5 Å². The topological polar surface area (TPSA) is 58.4 Å². The van der Waals surface area contributed by atoms with Gasteiger partial charge in [0.2, 0.25) is 5.60 Å². The van der Waals surface area contributed by atoms with Crippen LogP contribution in [0, 0.1) is 0 Å². The van der Waals surface area contributed by atoms with Crippen molar-refractivity contribution >= 4 is 29.1 Å². The minimum absolute atomic E-state index is 0.00293. The first-order valence-corrected chi connectivity index (χ1v) is 9.36. The van der Waals surface area contributed by atoms with Gasteiger partial charge >= 0.3 is 6.18 Å². The molecule has 1 atom stereocenters. The van der Waals surface area contributed by atoms with Gasteiger partial charge in [-0.25, -0.2) is 4.68 Å². The summed E-state index contributed by atoms with van der Waals surface area (Å²) in [5.41, 5.74) is -1.80. The first kappa shape index (κ1) is 21.0. The van der Waals surface area contributed by atoms with E-state index in [0.717, 1.165) is 10.6 Å². The highest BCUT2D eigenvalue weighted by molar-refractivity contribution is 6.42. The van der Waals surface area contributed by atoms with Gasteiger partial charge in [0.25, 0.3) is 5.91 Å². The van der Waals surface area contributed by atoms with Crippen molar-refractivity contribution in [3.05, 3.63) is 46.2 Å². The molecule has 0 aliphatic carbocycles. The van der Waals surface area contributed by atoms with Gasteiger partial charge in [-0.15, -0.1) is 0 Å². The molecule has 1 aromatic heterocycles. The van der Waals surface area contributed by atoms with Crippen molar-refractivity contribution in [1.82, 2.24) is 14.7 Å². The summed E-state index contributed by atoms with van der Waals surface area (Å²) in [6.45, 7) is 0.714. The molecule has 0 bridgehead atoms. The Hall–Kier alpha value is -1.77. The van der Waals surface area contributed by atoms with E-state index in [9.17, 15) is 23.1 Å². The zero-order valence-electron chi connectivity index (χ0n) is 14.9. The van der Waals surface area contributed by atoms with Gasteiger partial charge in [-0.1, -0.05) is 23.2 Å². The second kappa shape index (κ2) is 7.57. The summed E-state index contributed by atoms with van der Waals surface area (Å²) in [6.07, 6.45) is -2.49. The van der Waals surface area contributed by atoms with E-state index in [1.807, 2.05) is 6.07 Å². The van der Waals surface area contributed by atoms with Crippen LogP contribution in [-0.2, 0) is 4.79 Å². The number of amides is 1. The second-order valence-electron chi connectivity index (χ2n) is 6.90. The van der Waals surface area contributed by atoms with E-state index >= 15 is 0 Å². The Labute approximate surface area is 169 Å². The molecule has 0 radical (unpaired) electrons. The molecule has 1 unspecified atom stereocenters. The van der Waals surface area contributed by atoms with Crippen molar-refractivity contribution < 1.29 is 23.1 Å². The summed E-state index contributed by atoms with van der Waals surface area (Å²) in [5, 5.41) is 14.7. The highest BCUT2D eigenvalue weighted by atomic mass is 35.5. The van der Waals surface area contributed by atoms with Crippen LogP contribution in [0.1, 0.15) is 31.4 Å². The van der Waals surface area contributed by atoms with Gasteiger partial charge in [-0.3, -0.25) is 4.79 Å². The minimum Gasteiger partial charge on any atom is -0.373 e. The molecular formula is C18H18Cl2F3N3O2. The van der Waals surface area contributed by atoms with E-state index < -0.39 is 17.7 Å². The van der Waals surface area contributed by atoms with Crippen molar-refractivity contribution in [2.75, 3.05) is 13.1 Å². The molecule has 1 N–H and O–H groups in total. The fourth-order valence-electron chi connectivity index (χ4n) is 3.26. The summed E-state index contributed by atoms with van der Waals surface area (Å²) in [5.74, 6) is -1.33.